The van der Waals surface area contributed by atoms with Gasteiger partial charge in [-0.1, -0.05) is 36.2 Å². The Kier molecular flexibility index (Phi) is 5.29. The quantitative estimate of drug-likeness (QED) is 0.900. The SMILES string of the molecule is CCC(C)C(N)Cc1cc(Br)ccc1OC. The largest absolute Gasteiger partial charge is 0.496 e. The van der Waals surface area contributed by atoms with Crippen LogP contribution >= 0.6 is 15.9 Å². The van der Waals surface area contributed by atoms with Crippen LogP contribution in [0.25, 0.3) is 0 Å². The topological polar surface area (TPSA) is 35.2 Å². The molecule has 0 bridgehead atoms. The van der Waals surface area contributed by atoms with Crippen molar-refractivity contribution >= 4 is 15.9 Å². The van der Waals surface area contributed by atoms with Crippen LogP contribution in [0, 0.1) is 5.92 Å². The zero-order valence-electron chi connectivity index (χ0n) is 10.2. The highest BCUT2D eigenvalue weighted by Gasteiger charge is 2.14. The molecule has 0 aliphatic carbocycles. The first-order valence-electron chi connectivity index (χ1n) is 5.66. The molecule has 0 fully saturated rings. The Morgan fingerprint density at radius 3 is 2.69 bits per heavy atom. The second-order valence-corrected chi connectivity index (χ2v) is 5.13. The first-order chi connectivity index (χ1) is 7.58. The molecule has 1 aromatic carbocycles. The van der Waals surface area contributed by atoms with Gasteiger partial charge in [-0.25, -0.2) is 0 Å². The Hall–Kier alpha value is -0.540. The summed E-state index contributed by atoms with van der Waals surface area (Å²) in [5.74, 6) is 1.45. The molecule has 0 aromatic heterocycles. The highest BCUT2D eigenvalue weighted by molar-refractivity contribution is 9.10. The molecule has 2 N–H and O–H groups in total. The molecule has 0 amide bonds. The van der Waals surface area contributed by atoms with Gasteiger partial charge in [0, 0.05) is 10.5 Å². The van der Waals surface area contributed by atoms with E-state index in [1.807, 2.05) is 12.1 Å². The maximum Gasteiger partial charge on any atom is 0.122 e. The Morgan fingerprint density at radius 2 is 2.12 bits per heavy atom. The minimum atomic E-state index is 0.188. The summed E-state index contributed by atoms with van der Waals surface area (Å²) in [6, 6.07) is 6.23. The van der Waals surface area contributed by atoms with Gasteiger partial charge in [0.1, 0.15) is 5.75 Å². The fraction of sp³-hybridized carbons (Fsp3) is 0.538. The van der Waals surface area contributed by atoms with Crippen molar-refractivity contribution in [2.24, 2.45) is 11.7 Å². The molecule has 2 nitrogen and oxygen atoms in total. The van der Waals surface area contributed by atoms with Gasteiger partial charge in [-0.05, 0) is 36.1 Å². The van der Waals surface area contributed by atoms with Gasteiger partial charge in [-0.3, -0.25) is 0 Å². The number of methoxy groups -OCH3 is 1. The molecule has 2 unspecified atom stereocenters. The third kappa shape index (κ3) is 3.49. The van der Waals surface area contributed by atoms with E-state index in [4.69, 9.17) is 10.5 Å². The molecule has 0 saturated heterocycles. The lowest BCUT2D eigenvalue weighted by atomic mass is 9.93. The van der Waals surface area contributed by atoms with E-state index in [2.05, 4.69) is 35.8 Å². The van der Waals surface area contributed by atoms with Crippen LogP contribution in [0.1, 0.15) is 25.8 Å². The molecule has 0 radical (unpaired) electrons. The average Bonchev–Trinajstić information content (AvgIpc) is 2.28. The number of benzene rings is 1. The molecule has 1 aromatic rings. The molecule has 3 heteroatoms. The Balaban J connectivity index is 2.82. The highest BCUT2D eigenvalue weighted by atomic mass is 79.9. The monoisotopic (exact) mass is 285 g/mol. The molecular weight excluding hydrogens is 266 g/mol. The predicted octanol–water partition coefficient (Wildman–Crippen LogP) is 3.37. The number of hydrogen-bond acceptors (Lipinski definition) is 2. The van der Waals surface area contributed by atoms with Crippen molar-refractivity contribution in [2.75, 3.05) is 7.11 Å². The molecule has 0 spiro atoms. The minimum absolute atomic E-state index is 0.188. The minimum Gasteiger partial charge on any atom is -0.496 e. The van der Waals surface area contributed by atoms with Crippen LogP contribution in [0.3, 0.4) is 0 Å². The molecule has 2 atom stereocenters. The van der Waals surface area contributed by atoms with E-state index < -0.39 is 0 Å². The lowest BCUT2D eigenvalue weighted by molar-refractivity contribution is 0.397. The summed E-state index contributed by atoms with van der Waals surface area (Å²) in [6.45, 7) is 4.36. The van der Waals surface area contributed by atoms with Gasteiger partial charge in [0.05, 0.1) is 7.11 Å². The van der Waals surface area contributed by atoms with Gasteiger partial charge in [-0.2, -0.15) is 0 Å². The first-order valence-corrected chi connectivity index (χ1v) is 6.45. The van der Waals surface area contributed by atoms with Crippen LogP contribution in [-0.4, -0.2) is 13.2 Å². The summed E-state index contributed by atoms with van der Waals surface area (Å²) < 4.78 is 6.41. The summed E-state index contributed by atoms with van der Waals surface area (Å²) in [4.78, 5) is 0. The Labute approximate surface area is 106 Å². The maximum atomic E-state index is 6.16. The first kappa shape index (κ1) is 13.5. The second-order valence-electron chi connectivity index (χ2n) is 4.21. The molecule has 0 saturated carbocycles. The molecule has 16 heavy (non-hydrogen) atoms. The predicted molar refractivity (Wildman–Crippen MR) is 71.8 cm³/mol. The van der Waals surface area contributed by atoms with E-state index in [-0.39, 0.29) is 6.04 Å². The molecule has 90 valence electrons. The lowest BCUT2D eigenvalue weighted by Crippen LogP contribution is -2.30. The number of ether oxygens (including phenoxy) is 1. The van der Waals surface area contributed by atoms with E-state index in [0.717, 1.165) is 23.1 Å². The number of hydrogen-bond donors (Lipinski definition) is 1. The fourth-order valence-electron chi connectivity index (χ4n) is 1.66. The second kappa shape index (κ2) is 6.26. The normalized spacial score (nSPS) is 14.6. The van der Waals surface area contributed by atoms with Crippen molar-refractivity contribution in [3.63, 3.8) is 0 Å². The summed E-state index contributed by atoms with van der Waals surface area (Å²) in [7, 11) is 1.70. The van der Waals surface area contributed by atoms with Crippen LogP contribution in [0.15, 0.2) is 22.7 Å². The average molecular weight is 286 g/mol. The van der Waals surface area contributed by atoms with Crippen molar-refractivity contribution in [1.29, 1.82) is 0 Å². The summed E-state index contributed by atoms with van der Waals surface area (Å²) in [6.07, 6.45) is 1.97. The number of rotatable bonds is 5. The number of nitrogens with two attached hydrogens (primary N) is 1. The van der Waals surface area contributed by atoms with Gasteiger partial charge >= 0.3 is 0 Å². The summed E-state index contributed by atoms with van der Waals surface area (Å²) in [5, 5.41) is 0. The lowest BCUT2D eigenvalue weighted by Gasteiger charge is -2.19. The van der Waals surface area contributed by atoms with Crippen molar-refractivity contribution in [2.45, 2.75) is 32.7 Å². The van der Waals surface area contributed by atoms with E-state index in [1.54, 1.807) is 7.11 Å². The van der Waals surface area contributed by atoms with Crippen LogP contribution in [0.4, 0.5) is 0 Å². The van der Waals surface area contributed by atoms with Crippen molar-refractivity contribution in [1.82, 2.24) is 0 Å². The Bertz CT molecular complexity index is 341. The van der Waals surface area contributed by atoms with E-state index in [0.29, 0.717) is 5.92 Å². The highest BCUT2D eigenvalue weighted by Crippen LogP contribution is 2.25. The van der Waals surface area contributed by atoms with Gasteiger partial charge in [0.15, 0.2) is 0 Å². The summed E-state index contributed by atoms with van der Waals surface area (Å²) >= 11 is 3.47. The van der Waals surface area contributed by atoms with Crippen LogP contribution in [-0.2, 0) is 6.42 Å². The van der Waals surface area contributed by atoms with Crippen LogP contribution < -0.4 is 10.5 Å². The van der Waals surface area contributed by atoms with Gasteiger partial charge in [0.2, 0.25) is 0 Å². The zero-order chi connectivity index (χ0) is 12.1. The third-order valence-electron chi connectivity index (χ3n) is 3.07. The molecule has 0 aliphatic heterocycles. The van der Waals surface area contributed by atoms with Crippen LogP contribution in [0.5, 0.6) is 5.75 Å². The maximum absolute atomic E-state index is 6.16. The third-order valence-corrected chi connectivity index (χ3v) is 3.57. The van der Waals surface area contributed by atoms with Crippen molar-refractivity contribution < 1.29 is 4.74 Å². The van der Waals surface area contributed by atoms with E-state index >= 15 is 0 Å². The van der Waals surface area contributed by atoms with Crippen LogP contribution in [0.2, 0.25) is 0 Å². The van der Waals surface area contributed by atoms with Gasteiger partial charge < -0.3 is 10.5 Å². The van der Waals surface area contributed by atoms with Gasteiger partial charge in [0.25, 0.3) is 0 Å². The van der Waals surface area contributed by atoms with E-state index in [1.165, 1.54) is 5.56 Å². The van der Waals surface area contributed by atoms with E-state index in [9.17, 15) is 0 Å². The fourth-order valence-corrected chi connectivity index (χ4v) is 2.07. The summed E-state index contributed by atoms with van der Waals surface area (Å²) in [5.41, 5.74) is 7.33. The number of halogens is 1. The smallest absolute Gasteiger partial charge is 0.122 e. The molecule has 0 aliphatic rings. The standard InChI is InChI=1S/C13H20BrNO/c1-4-9(2)12(15)8-10-7-11(14)5-6-13(10)16-3/h5-7,9,12H,4,8,15H2,1-3H3. The molecular formula is C13H20BrNO. The van der Waals surface area contributed by atoms with Crippen molar-refractivity contribution in [3.8, 4) is 5.75 Å². The molecule has 1 rings (SSSR count). The van der Waals surface area contributed by atoms with Crippen molar-refractivity contribution in [3.05, 3.63) is 28.2 Å². The zero-order valence-corrected chi connectivity index (χ0v) is 11.8. The van der Waals surface area contributed by atoms with Gasteiger partial charge in [-0.15, -0.1) is 0 Å². The Morgan fingerprint density at radius 1 is 1.44 bits per heavy atom. The molecule has 0 heterocycles.